The van der Waals surface area contributed by atoms with Gasteiger partial charge >= 0.3 is 0 Å². The second-order valence-electron chi connectivity index (χ2n) is 8.11. The Kier molecular flexibility index (Phi) is 4.92. The average molecular weight is 364 g/mol. The maximum Gasteiger partial charge on any atom is 0.253 e. The first kappa shape index (κ1) is 18.1. The first-order chi connectivity index (χ1) is 13.0. The van der Waals surface area contributed by atoms with Crippen molar-refractivity contribution in [3.05, 3.63) is 64.2 Å². The summed E-state index contributed by atoms with van der Waals surface area (Å²) >= 11 is 0. The first-order valence-corrected chi connectivity index (χ1v) is 9.98. The number of hydrogen-bond acceptors (Lipinski definition) is 3. The molecule has 2 heterocycles. The quantitative estimate of drug-likeness (QED) is 0.906. The lowest BCUT2D eigenvalue weighted by atomic mass is 9.97. The van der Waals surface area contributed by atoms with Crippen molar-refractivity contribution in [2.24, 2.45) is 11.7 Å². The summed E-state index contributed by atoms with van der Waals surface area (Å²) in [4.78, 5) is 17.3. The summed E-state index contributed by atoms with van der Waals surface area (Å²) in [6, 6.07) is 12.7. The largest absolute Gasteiger partial charge is 0.363 e. The molecule has 4 rings (SSSR count). The van der Waals surface area contributed by atoms with E-state index in [1.54, 1.807) is 0 Å². The molecule has 1 saturated heterocycles. The van der Waals surface area contributed by atoms with Gasteiger partial charge in [0.05, 0.1) is 0 Å². The number of likely N-dealkylation sites (tertiary alicyclic amines) is 1. The van der Waals surface area contributed by atoms with Crippen LogP contribution >= 0.6 is 0 Å². The van der Waals surface area contributed by atoms with E-state index < -0.39 is 0 Å². The number of piperidine rings is 1. The Labute approximate surface area is 162 Å². The zero-order valence-corrected chi connectivity index (χ0v) is 16.4. The monoisotopic (exact) mass is 363 g/mol. The zero-order valence-electron chi connectivity index (χ0n) is 16.4. The highest BCUT2D eigenvalue weighted by atomic mass is 16.2. The molecule has 1 fully saturated rings. The molecule has 4 nitrogen and oxygen atoms in total. The number of aryl methyl sites for hydroxylation is 2. The van der Waals surface area contributed by atoms with Gasteiger partial charge in [-0.1, -0.05) is 18.2 Å². The number of fused-ring (bicyclic) bond motifs is 1. The molecule has 0 unspecified atom stereocenters. The van der Waals surface area contributed by atoms with Gasteiger partial charge in [-0.3, -0.25) is 4.79 Å². The molecule has 2 N–H and O–H groups in total. The van der Waals surface area contributed by atoms with Crippen LogP contribution < -0.4 is 10.6 Å². The average Bonchev–Trinajstić information content (AvgIpc) is 3.10. The van der Waals surface area contributed by atoms with Crippen molar-refractivity contribution >= 4 is 11.6 Å². The predicted molar refractivity (Wildman–Crippen MR) is 110 cm³/mol. The third kappa shape index (κ3) is 3.59. The lowest BCUT2D eigenvalue weighted by molar-refractivity contribution is 0.0678. The lowest BCUT2D eigenvalue weighted by Crippen LogP contribution is -2.42. The van der Waals surface area contributed by atoms with Crippen molar-refractivity contribution in [3.8, 4) is 0 Å². The van der Waals surface area contributed by atoms with Crippen LogP contribution in [-0.2, 0) is 13.1 Å². The van der Waals surface area contributed by atoms with E-state index in [0.717, 1.165) is 50.3 Å². The van der Waals surface area contributed by atoms with Crippen molar-refractivity contribution in [2.45, 2.75) is 39.8 Å². The van der Waals surface area contributed by atoms with Crippen LogP contribution in [0.2, 0.25) is 0 Å². The van der Waals surface area contributed by atoms with E-state index in [2.05, 4.69) is 43.0 Å². The number of rotatable bonds is 3. The highest BCUT2D eigenvalue weighted by molar-refractivity contribution is 5.95. The van der Waals surface area contributed by atoms with Crippen LogP contribution in [0.15, 0.2) is 36.4 Å². The van der Waals surface area contributed by atoms with Crippen molar-refractivity contribution in [2.75, 3.05) is 24.5 Å². The Bertz CT molecular complexity index is 830. The minimum atomic E-state index is 0.137. The minimum absolute atomic E-state index is 0.137. The summed E-state index contributed by atoms with van der Waals surface area (Å²) in [5.74, 6) is 0.573. The summed E-state index contributed by atoms with van der Waals surface area (Å²) in [6.45, 7) is 8.45. The number of nitrogens with zero attached hydrogens (tertiary/aromatic N) is 2. The van der Waals surface area contributed by atoms with Gasteiger partial charge in [-0.15, -0.1) is 0 Å². The minimum Gasteiger partial charge on any atom is -0.363 e. The highest BCUT2D eigenvalue weighted by Gasteiger charge is 2.25. The van der Waals surface area contributed by atoms with Gasteiger partial charge in [-0.25, -0.2) is 0 Å². The Hall–Kier alpha value is -2.33. The van der Waals surface area contributed by atoms with E-state index in [9.17, 15) is 4.79 Å². The number of amides is 1. The maximum atomic E-state index is 13.0. The zero-order chi connectivity index (χ0) is 19.0. The van der Waals surface area contributed by atoms with Crippen LogP contribution in [0.25, 0.3) is 0 Å². The summed E-state index contributed by atoms with van der Waals surface area (Å²) in [5.41, 5.74) is 13.2. The van der Waals surface area contributed by atoms with Crippen LogP contribution in [-0.4, -0.2) is 30.4 Å². The number of anilines is 1. The summed E-state index contributed by atoms with van der Waals surface area (Å²) < 4.78 is 0. The van der Waals surface area contributed by atoms with Crippen LogP contribution in [0.4, 0.5) is 5.69 Å². The van der Waals surface area contributed by atoms with E-state index in [1.807, 2.05) is 17.0 Å². The predicted octanol–water partition coefficient (Wildman–Crippen LogP) is 3.63. The Balaban J connectivity index is 1.52. The molecule has 1 atom stereocenters. The first-order valence-electron chi connectivity index (χ1n) is 9.98. The van der Waals surface area contributed by atoms with Crippen molar-refractivity contribution in [1.82, 2.24) is 4.90 Å². The standard InChI is InChI=1S/C23H29N3O/c1-16-9-20-14-26(15-21(20)10-17(16)2)22-7-3-6-19(11-22)23(27)25-8-4-5-18(12-24)13-25/h3,6-7,9-11,18H,4-5,8,12-15,24H2,1-2H3/t18-/m1/s1. The molecule has 0 aromatic heterocycles. The Morgan fingerprint density at radius 1 is 1.11 bits per heavy atom. The smallest absolute Gasteiger partial charge is 0.253 e. The van der Waals surface area contributed by atoms with Gasteiger partial charge in [0.25, 0.3) is 5.91 Å². The van der Waals surface area contributed by atoms with E-state index >= 15 is 0 Å². The third-order valence-corrected chi connectivity index (χ3v) is 6.14. The van der Waals surface area contributed by atoms with Crippen LogP contribution in [0.5, 0.6) is 0 Å². The van der Waals surface area contributed by atoms with Crippen LogP contribution in [0.1, 0.15) is 45.5 Å². The topological polar surface area (TPSA) is 49.6 Å². The molecule has 1 amide bonds. The highest BCUT2D eigenvalue weighted by Crippen LogP contribution is 2.31. The molecular formula is C23H29N3O. The van der Waals surface area contributed by atoms with Crippen molar-refractivity contribution < 1.29 is 4.79 Å². The number of benzene rings is 2. The van der Waals surface area contributed by atoms with Gasteiger partial charge in [0.1, 0.15) is 0 Å². The normalized spacial score (nSPS) is 19.3. The molecule has 2 aromatic rings. The number of carbonyl (C=O) groups is 1. The lowest BCUT2D eigenvalue weighted by Gasteiger charge is -2.32. The molecule has 0 saturated carbocycles. The maximum absolute atomic E-state index is 13.0. The molecule has 4 heteroatoms. The van der Waals surface area contributed by atoms with Crippen molar-refractivity contribution in [3.63, 3.8) is 0 Å². The molecule has 0 spiro atoms. The molecule has 2 aliphatic heterocycles. The second kappa shape index (κ2) is 7.35. The van der Waals surface area contributed by atoms with Gasteiger partial charge in [0.2, 0.25) is 0 Å². The number of carbonyl (C=O) groups excluding carboxylic acids is 1. The molecule has 142 valence electrons. The van der Waals surface area contributed by atoms with Gasteiger partial charge in [0, 0.05) is 37.4 Å². The molecule has 2 aromatic carbocycles. The number of nitrogens with two attached hydrogens (primary N) is 1. The molecule has 27 heavy (non-hydrogen) atoms. The summed E-state index contributed by atoms with van der Waals surface area (Å²) in [5, 5.41) is 0. The number of hydrogen-bond donors (Lipinski definition) is 1. The Morgan fingerprint density at radius 2 is 1.81 bits per heavy atom. The van der Waals surface area contributed by atoms with Crippen LogP contribution in [0.3, 0.4) is 0 Å². The molecule has 0 radical (unpaired) electrons. The van der Waals surface area contributed by atoms with E-state index in [1.165, 1.54) is 22.3 Å². The second-order valence-corrected chi connectivity index (χ2v) is 8.11. The van der Waals surface area contributed by atoms with E-state index in [0.29, 0.717) is 12.5 Å². The van der Waals surface area contributed by atoms with Gasteiger partial charge in [0.15, 0.2) is 0 Å². The fourth-order valence-electron chi connectivity index (χ4n) is 4.34. The molecule has 0 aliphatic carbocycles. The van der Waals surface area contributed by atoms with E-state index in [4.69, 9.17) is 5.73 Å². The Morgan fingerprint density at radius 3 is 2.48 bits per heavy atom. The molecular weight excluding hydrogens is 334 g/mol. The van der Waals surface area contributed by atoms with Gasteiger partial charge in [-0.2, -0.15) is 0 Å². The van der Waals surface area contributed by atoms with Crippen LogP contribution in [0, 0.1) is 19.8 Å². The fourth-order valence-corrected chi connectivity index (χ4v) is 4.34. The summed E-state index contributed by atoms with van der Waals surface area (Å²) in [7, 11) is 0. The molecule has 0 bridgehead atoms. The SMILES string of the molecule is Cc1cc2c(cc1C)CN(c1cccc(C(=O)N3CCC[C@H](CN)C3)c1)C2. The molecule has 2 aliphatic rings. The third-order valence-electron chi connectivity index (χ3n) is 6.14. The van der Waals surface area contributed by atoms with Gasteiger partial charge < -0.3 is 15.5 Å². The fraction of sp³-hybridized carbons (Fsp3) is 0.435. The van der Waals surface area contributed by atoms with E-state index in [-0.39, 0.29) is 5.91 Å². The van der Waals surface area contributed by atoms with Gasteiger partial charge in [-0.05, 0) is 79.6 Å². The van der Waals surface area contributed by atoms with Crippen molar-refractivity contribution in [1.29, 1.82) is 0 Å². The summed E-state index contributed by atoms with van der Waals surface area (Å²) in [6.07, 6.45) is 2.18.